The SMILES string of the molecule is Cn1cc(CN2CC3CNCCN3C(=O)C2=O)cn1. The molecule has 2 aliphatic heterocycles. The molecule has 1 N–H and O–H groups in total. The first-order chi connectivity index (χ1) is 9.15. The molecule has 7 heteroatoms. The van der Waals surface area contributed by atoms with Crippen LogP contribution in [0.2, 0.25) is 0 Å². The van der Waals surface area contributed by atoms with E-state index in [-0.39, 0.29) is 11.9 Å². The molecule has 0 bridgehead atoms. The van der Waals surface area contributed by atoms with Gasteiger partial charge in [-0.15, -0.1) is 0 Å². The fourth-order valence-electron chi connectivity index (χ4n) is 2.70. The molecule has 0 spiro atoms. The van der Waals surface area contributed by atoms with E-state index in [9.17, 15) is 9.59 Å². The zero-order valence-electron chi connectivity index (χ0n) is 10.9. The van der Waals surface area contributed by atoms with E-state index in [0.29, 0.717) is 19.6 Å². The summed E-state index contributed by atoms with van der Waals surface area (Å²) in [5.41, 5.74) is 0.945. The third kappa shape index (κ3) is 2.21. The average Bonchev–Trinajstić information content (AvgIpc) is 2.81. The largest absolute Gasteiger partial charge is 0.328 e. The quantitative estimate of drug-likeness (QED) is 0.664. The number of carbonyl (C=O) groups excluding carboxylic acids is 2. The molecule has 2 fully saturated rings. The minimum atomic E-state index is -0.401. The van der Waals surface area contributed by atoms with E-state index in [1.54, 1.807) is 20.7 Å². The van der Waals surface area contributed by atoms with Crippen LogP contribution in [0.1, 0.15) is 5.56 Å². The van der Waals surface area contributed by atoms with Crippen molar-refractivity contribution < 1.29 is 9.59 Å². The fourth-order valence-corrected chi connectivity index (χ4v) is 2.70. The van der Waals surface area contributed by atoms with Crippen molar-refractivity contribution in [3.05, 3.63) is 18.0 Å². The van der Waals surface area contributed by atoms with E-state index in [2.05, 4.69) is 10.4 Å². The van der Waals surface area contributed by atoms with Crippen LogP contribution in [0, 0.1) is 0 Å². The molecule has 0 aromatic carbocycles. The maximum absolute atomic E-state index is 12.1. The summed E-state index contributed by atoms with van der Waals surface area (Å²) >= 11 is 0. The number of aryl methyl sites for hydroxylation is 1. The molecule has 3 rings (SSSR count). The number of fused-ring (bicyclic) bond motifs is 1. The van der Waals surface area contributed by atoms with E-state index in [4.69, 9.17) is 0 Å². The zero-order valence-corrected chi connectivity index (χ0v) is 10.9. The predicted octanol–water partition coefficient (Wildman–Crippen LogP) is -1.44. The summed E-state index contributed by atoms with van der Waals surface area (Å²) in [6.07, 6.45) is 3.59. The number of amides is 2. The third-order valence-electron chi connectivity index (χ3n) is 3.64. The maximum atomic E-state index is 12.1. The van der Waals surface area contributed by atoms with Crippen LogP contribution < -0.4 is 5.32 Å². The number of nitrogens with zero attached hydrogens (tertiary/aromatic N) is 4. The van der Waals surface area contributed by atoms with Gasteiger partial charge < -0.3 is 15.1 Å². The van der Waals surface area contributed by atoms with Gasteiger partial charge in [0, 0.05) is 51.5 Å². The molecule has 0 aliphatic carbocycles. The third-order valence-corrected chi connectivity index (χ3v) is 3.64. The number of aromatic nitrogens is 2. The summed E-state index contributed by atoms with van der Waals surface area (Å²) in [5, 5.41) is 7.34. The van der Waals surface area contributed by atoms with E-state index in [1.165, 1.54) is 0 Å². The van der Waals surface area contributed by atoms with Gasteiger partial charge in [-0.05, 0) is 0 Å². The molecule has 2 aliphatic rings. The fraction of sp³-hybridized carbons (Fsp3) is 0.583. The van der Waals surface area contributed by atoms with Crippen molar-refractivity contribution in [1.82, 2.24) is 24.9 Å². The lowest BCUT2D eigenvalue weighted by molar-refractivity contribution is -0.160. The Morgan fingerprint density at radius 1 is 1.42 bits per heavy atom. The molecule has 0 saturated carbocycles. The number of hydrogen-bond acceptors (Lipinski definition) is 4. The molecule has 1 atom stereocenters. The number of nitrogens with one attached hydrogen (secondary N) is 1. The Hall–Kier alpha value is -1.89. The minimum absolute atomic E-state index is 0.0932. The second kappa shape index (κ2) is 4.65. The van der Waals surface area contributed by atoms with Crippen LogP contribution in [0.4, 0.5) is 0 Å². The molecule has 1 aromatic heterocycles. The lowest BCUT2D eigenvalue weighted by Gasteiger charge is -2.43. The summed E-state index contributed by atoms with van der Waals surface area (Å²) in [6.45, 7) is 3.17. The number of hydrogen-bond donors (Lipinski definition) is 1. The second-order valence-electron chi connectivity index (χ2n) is 5.06. The van der Waals surface area contributed by atoms with Crippen molar-refractivity contribution in [3.63, 3.8) is 0 Å². The molecule has 3 heterocycles. The van der Waals surface area contributed by atoms with Gasteiger partial charge in [0.2, 0.25) is 0 Å². The van der Waals surface area contributed by atoms with Gasteiger partial charge in [-0.25, -0.2) is 0 Å². The highest BCUT2D eigenvalue weighted by atomic mass is 16.2. The van der Waals surface area contributed by atoms with Gasteiger partial charge in [0.1, 0.15) is 0 Å². The van der Waals surface area contributed by atoms with Crippen LogP contribution in [0.15, 0.2) is 12.4 Å². The second-order valence-corrected chi connectivity index (χ2v) is 5.06. The molecule has 2 amide bonds. The first-order valence-electron chi connectivity index (χ1n) is 6.43. The Kier molecular flexibility index (Phi) is 2.98. The first-order valence-corrected chi connectivity index (χ1v) is 6.43. The number of rotatable bonds is 2. The normalized spacial score (nSPS) is 23.7. The highest BCUT2D eigenvalue weighted by Gasteiger charge is 2.39. The molecule has 1 unspecified atom stereocenters. The highest BCUT2D eigenvalue weighted by Crippen LogP contribution is 2.16. The van der Waals surface area contributed by atoms with Crippen LogP contribution in [0.5, 0.6) is 0 Å². The molecule has 7 nitrogen and oxygen atoms in total. The molecule has 102 valence electrons. The Morgan fingerprint density at radius 2 is 2.26 bits per heavy atom. The van der Waals surface area contributed by atoms with Gasteiger partial charge in [-0.1, -0.05) is 0 Å². The maximum Gasteiger partial charge on any atom is 0.312 e. The Bertz CT molecular complexity index is 512. The standard InChI is InChI=1S/C12H17N5O2/c1-15-6-9(4-14-15)7-16-8-10-5-13-2-3-17(10)12(19)11(16)18/h4,6,10,13H,2-3,5,7-8H2,1H3. The first kappa shape index (κ1) is 12.2. The number of carbonyl (C=O) groups is 2. The van der Waals surface area contributed by atoms with Crippen molar-refractivity contribution in [2.45, 2.75) is 12.6 Å². The predicted molar refractivity (Wildman–Crippen MR) is 67.0 cm³/mol. The summed E-state index contributed by atoms with van der Waals surface area (Å²) < 4.78 is 1.69. The topological polar surface area (TPSA) is 70.5 Å². The molecule has 0 radical (unpaired) electrons. The van der Waals surface area contributed by atoms with Crippen LogP contribution >= 0.6 is 0 Å². The molecule has 2 saturated heterocycles. The lowest BCUT2D eigenvalue weighted by atomic mass is 10.1. The summed E-state index contributed by atoms with van der Waals surface area (Å²) in [6, 6.07) is 0.0932. The van der Waals surface area contributed by atoms with Crippen molar-refractivity contribution >= 4 is 11.8 Å². The van der Waals surface area contributed by atoms with Gasteiger partial charge >= 0.3 is 11.8 Å². The van der Waals surface area contributed by atoms with E-state index in [0.717, 1.165) is 18.7 Å². The van der Waals surface area contributed by atoms with E-state index in [1.807, 2.05) is 13.2 Å². The van der Waals surface area contributed by atoms with Gasteiger partial charge in [-0.3, -0.25) is 14.3 Å². The van der Waals surface area contributed by atoms with Crippen molar-refractivity contribution in [2.75, 3.05) is 26.2 Å². The van der Waals surface area contributed by atoms with Crippen molar-refractivity contribution in [3.8, 4) is 0 Å². The van der Waals surface area contributed by atoms with Crippen LogP contribution in [-0.4, -0.2) is 63.6 Å². The van der Waals surface area contributed by atoms with Gasteiger partial charge in [0.15, 0.2) is 0 Å². The Morgan fingerprint density at radius 3 is 3.00 bits per heavy atom. The van der Waals surface area contributed by atoms with Gasteiger partial charge in [0.25, 0.3) is 0 Å². The average molecular weight is 263 g/mol. The minimum Gasteiger partial charge on any atom is -0.328 e. The van der Waals surface area contributed by atoms with E-state index < -0.39 is 5.91 Å². The monoisotopic (exact) mass is 263 g/mol. The van der Waals surface area contributed by atoms with Crippen molar-refractivity contribution in [1.29, 1.82) is 0 Å². The highest BCUT2D eigenvalue weighted by molar-refractivity contribution is 6.35. The zero-order chi connectivity index (χ0) is 13.4. The Labute approximate surface area is 111 Å². The summed E-state index contributed by atoms with van der Waals surface area (Å²) in [7, 11) is 1.83. The lowest BCUT2D eigenvalue weighted by Crippen LogP contribution is -2.65. The van der Waals surface area contributed by atoms with Crippen LogP contribution in [-0.2, 0) is 23.2 Å². The smallest absolute Gasteiger partial charge is 0.312 e. The molecule has 1 aromatic rings. The van der Waals surface area contributed by atoms with Crippen molar-refractivity contribution in [2.24, 2.45) is 7.05 Å². The molecular formula is C12H17N5O2. The van der Waals surface area contributed by atoms with E-state index >= 15 is 0 Å². The number of piperazine rings is 2. The Balaban J connectivity index is 1.75. The van der Waals surface area contributed by atoms with Gasteiger partial charge in [-0.2, -0.15) is 5.10 Å². The summed E-state index contributed by atoms with van der Waals surface area (Å²) in [4.78, 5) is 27.4. The summed E-state index contributed by atoms with van der Waals surface area (Å²) in [5.74, 6) is -0.774. The molecule has 19 heavy (non-hydrogen) atoms. The van der Waals surface area contributed by atoms with Gasteiger partial charge in [0.05, 0.1) is 12.2 Å². The van der Waals surface area contributed by atoms with Crippen LogP contribution in [0.25, 0.3) is 0 Å². The van der Waals surface area contributed by atoms with Crippen LogP contribution in [0.3, 0.4) is 0 Å². The molecular weight excluding hydrogens is 246 g/mol.